The molecule has 3 N–H and O–H groups in total. The van der Waals surface area contributed by atoms with Gasteiger partial charge in [-0.2, -0.15) is 9.64 Å². The molecule has 11 heteroatoms. The number of nitrogens with zero attached hydrogens (tertiary/aromatic N) is 5. The number of nitrogens with one attached hydrogen (secondary N) is 3. The van der Waals surface area contributed by atoms with Crippen molar-refractivity contribution >= 4 is 39.4 Å². The van der Waals surface area contributed by atoms with Crippen LogP contribution in [0, 0.1) is 23.2 Å². The number of H-pyrrole nitrogens is 1. The largest absolute Gasteiger partial charge is 0.381 e. The van der Waals surface area contributed by atoms with E-state index in [9.17, 15) is 10.1 Å². The van der Waals surface area contributed by atoms with E-state index in [4.69, 9.17) is 4.74 Å². The van der Waals surface area contributed by atoms with E-state index in [-0.39, 0.29) is 12.1 Å². The summed E-state index contributed by atoms with van der Waals surface area (Å²) in [5.41, 5.74) is 2.17. The molecular formula is C20H22N8O2S. The molecule has 0 spiro atoms. The highest BCUT2D eigenvalue weighted by Gasteiger charge is 2.42. The number of aromatic nitrogens is 4. The predicted octanol–water partition coefficient (Wildman–Crippen LogP) is 2.79. The molecule has 4 heterocycles. The molecular weight excluding hydrogens is 416 g/mol. The summed E-state index contributed by atoms with van der Waals surface area (Å²) in [4.78, 5) is 26.2. The van der Waals surface area contributed by atoms with E-state index in [1.165, 1.54) is 0 Å². The van der Waals surface area contributed by atoms with Crippen molar-refractivity contribution in [2.75, 3.05) is 30.8 Å². The standard InChI is InChI=1S/C20H22N8O2S/c1-30-10-16-25-19(31-27-16)26-20(29)28-8-11-4-14(5-12(11)9-28)24-17-13(6-21)7-23-18-15(17)2-3-22-18/h2-3,7,11-12,14H,4-5,8-10H2,1H3,(H2,22,23,24)(H,25,26,27,29)/t11-,12+,14?. The molecule has 1 aliphatic heterocycles. The summed E-state index contributed by atoms with van der Waals surface area (Å²) in [6, 6.07) is 4.32. The third-order valence-corrected chi connectivity index (χ3v) is 6.72. The fourth-order valence-electron chi connectivity index (χ4n) is 4.70. The monoisotopic (exact) mass is 438 g/mol. The van der Waals surface area contributed by atoms with E-state index in [1.807, 2.05) is 17.2 Å². The lowest BCUT2D eigenvalue weighted by Crippen LogP contribution is -2.34. The average Bonchev–Trinajstić information content (AvgIpc) is 3.52. The maximum Gasteiger partial charge on any atom is 0.323 e. The van der Waals surface area contributed by atoms with Crippen LogP contribution in [0.25, 0.3) is 11.0 Å². The van der Waals surface area contributed by atoms with Gasteiger partial charge in [-0.15, -0.1) is 0 Å². The Kier molecular flexibility index (Phi) is 5.17. The van der Waals surface area contributed by atoms with E-state index >= 15 is 0 Å². The number of amides is 2. The minimum atomic E-state index is -0.131. The zero-order chi connectivity index (χ0) is 21.4. The van der Waals surface area contributed by atoms with Crippen LogP contribution in [0.4, 0.5) is 15.6 Å². The van der Waals surface area contributed by atoms with Crippen LogP contribution < -0.4 is 10.6 Å². The number of hydrogen-bond donors (Lipinski definition) is 3. The zero-order valence-electron chi connectivity index (χ0n) is 17.0. The molecule has 0 radical (unpaired) electrons. The van der Waals surface area contributed by atoms with Gasteiger partial charge >= 0.3 is 6.03 Å². The van der Waals surface area contributed by atoms with E-state index in [0.717, 1.165) is 54.2 Å². The number of rotatable bonds is 5. The quantitative estimate of drug-likeness (QED) is 0.558. The Bertz CT molecular complexity index is 1140. The number of urea groups is 1. The van der Waals surface area contributed by atoms with Crippen LogP contribution in [-0.2, 0) is 11.3 Å². The molecule has 3 aromatic rings. The summed E-state index contributed by atoms with van der Waals surface area (Å²) >= 11 is 1.16. The molecule has 2 aliphatic rings. The van der Waals surface area contributed by atoms with Gasteiger partial charge in [0.2, 0.25) is 5.13 Å². The van der Waals surface area contributed by atoms with Gasteiger partial charge < -0.3 is 19.9 Å². The Hall–Kier alpha value is -3.23. The Morgan fingerprint density at radius 1 is 1.42 bits per heavy atom. The molecule has 1 saturated heterocycles. The van der Waals surface area contributed by atoms with Gasteiger partial charge in [0.15, 0.2) is 5.82 Å². The van der Waals surface area contributed by atoms with Crippen LogP contribution in [0.2, 0.25) is 0 Å². The highest BCUT2D eigenvalue weighted by molar-refractivity contribution is 7.09. The molecule has 1 unspecified atom stereocenters. The number of pyridine rings is 1. The van der Waals surface area contributed by atoms with E-state index in [2.05, 4.69) is 36.0 Å². The van der Waals surface area contributed by atoms with Gasteiger partial charge in [0, 0.05) is 55.6 Å². The molecule has 31 heavy (non-hydrogen) atoms. The van der Waals surface area contributed by atoms with E-state index in [1.54, 1.807) is 13.3 Å². The number of methoxy groups -OCH3 is 1. The van der Waals surface area contributed by atoms with Crippen molar-refractivity contribution in [1.82, 2.24) is 24.2 Å². The van der Waals surface area contributed by atoms with Crippen LogP contribution in [0.3, 0.4) is 0 Å². The number of aromatic amines is 1. The number of nitriles is 1. The average molecular weight is 439 g/mol. The van der Waals surface area contributed by atoms with Crippen LogP contribution >= 0.6 is 11.5 Å². The Morgan fingerprint density at radius 3 is 2.97 bits per heavy atom. The first-order valence-electron chi connectivity index (χ1n) is 10.1. The van der Waals surface area contributed by atoms with Gasteiger partial charge in [0.1, 0.15) is 18.3 Å². The molecule has 10 nitrogen and oxygen atoms in total. The number of fused-ring (bicyclic) bond motifs is 2. The summed E-state index contributed by atoms with van der Waals surface area (Å²) in [5, 5.41) is 17.4. The Labute approximate surface area is 182 Å². The van der Waals surface area contributed by atoms with Crippen molar-refractivity contribution in [2.45, 2.75) is 25.5 Å². The van der Waals surface area contributed by atoms with Crippen LogP contribution in [0.5, 0.6) is 0 Å². The third kappa shape index (κ3) is 3.80. The highest BCUT2D eigenvalue weighted by atomic mass is 32.1. The van der Waals surface area contributed by atoms with Gasteiger partial charge in [-0.1, -0.05) is 0 Å². The topological polar surface area (TPSA) is 132 Å². The van der Waals surface area contributed by atoms with Crippen molar-refractivity contribution in [3.63, 3.8) is 0 Å². The SMILES string of the molecule is COCc1nsc(NC(=O)N2C[C@H]3CC(Nc4c(C#N)cnc5[nH]ccc45)C[C@H]3C2)n1. The number of ether oxygens (including phenoxy) is 1. The van der Waals surface area contributed by atoms with Crippen molar-refractivity contribution < 1.29 is 9.53 Å². The highest BCUT2D eigenvalue weighted by Crippen LogP contribution is 2.40. The number of anilines is 2. The van der Waals surface area contributed by atoms with Crippen molar-refractivity contribution in [3.05, 3.63) is 29.8 Å². The second-order valence-corrected chi connectivity index (χ2v) is 8.77. The molecule has 0 bridgehead atoms. The first kappa shape index (κ1) is 19.7. The first-order valence-corrected chi connectivity index (χ1v) is 10.9. The lowest BCUT2D eigenvalue weighted by molar-refractivity contribution is 0.179. The molecule has 0 aromatic carbocycles. The number of hydrogen-bond acceptors (Lipinski definition) is 8. The molecule has 1 saturated carbocycles. The number of carbonyl (C=O) groups is 1. The molecule has 5 rings (SSSR count). The van der Waals surface area contributed by atoms with Crippen molar-refractivity contribution in [3.8, 4) is 6.07 Å². The fourth-order valence-corrected chi connectivity index (χ4v) is 5.26. The minimum Gasteiger partial charge on any atom is -0.381 e. The zero-order valence-corrected chi connectivity index (χ0v) is 17.8. The van der Waals surface area contributed by atoms with Gasteiger partial charge in [-0.05, 0) is 30.7 Å². The summed E-state index contributed by atoms with van der Waals surface area (Å²) in [5.74, 6) is 1.45. The van der Waals surface area contributed by atoms with Gasteiger partial charge in [-0.25, -0.2) is 14.8 Å². The lowest BCUT2D eigenvalue weighted by Gasteiger charge is -2.21. The Balaban J connectivity index is 1.20. The van der Waals surface area contributed by atoms with Crippen molar-refractivity contribution in [2.24, 2.45) is 11.8 Å². The number of likely N-dealkylation sites (tertiary alicyclic amines) is 1. The van der Waals surface area contributed by atoms with E-state index in [0.29, 0.717) is 35.0 Å². The van der Waals surface area contributed by atoms with Crippen LogP contribution in [-0.4, -0.2) is 56.5 Å². The summed E-state index contributed by atoms with van der Waals surface area (Å²) in [6.45, 7) is 1.77. The molecule has 2 amide bonds. The maximum atomic E-state index is 12.6. The number of carbonyl (C=O) groups excluding carboxylic acids is 1. The second-order valence-electron chi connectivity index (χ2n) is 8.02. The Morgan fingerprint density at radius 2 is 2.23 bits per heavy atom. The van der Waals surface area contributed by atoms with Crippen LogP contribution in [0.15, 0.2) is 18.5 Å². The third-order valence-electron chi connectivity index (χ3n) is 6.05. The molecule has 3 aromatic heterocycles. The fraction of sp³-hybridized carbons (Fsp3) is 0.450. The smallest absolute Gasteiger partial charge is 0.323 e. The molecule has 2 fully saturated rings. The van der Waals surface area contributed by atoms with E-state index < -0.39 is 0 Å². The summed E-state index contributed by atoms with van der Waals surface area (Å²) < 4.78 is 9.17. The summed E-state index contributed by atoms with van der Waals surface area (Å²) in [7, 11) is 1.58. The van der Waals surface area contributed by atoms with Crippen LogP contribution in [0.1, 0.15) is 24.2 Å². The first-order chi connectivity index (χ1) is 15.1. The lowest BCUT2D eigenvalue weighted by atomic mass is 10.0. The molecule has 1 aliphatic carbocycles. The minimum absolute atomic E-state index is 0.131. The maximum absolute atomic E-state index is 12.6. The van der Waals surface area contributed by atoms with Gasteiger partial charge in [0.25, 0.3) is 0 Å². The summed E-state index contributed by atoms with van der Waals surface area (Å²) in [6.07, 6.45) is 5.36. The second kappa shape index (κ2) is 8.13. The predicted molar refractivity (Wildman–Crippen MR) is 116 cm³/mol. The molecule has 160 valence electrons. The van der Waals surface area contributed by atoms with Gasteiger partial charge in [0.05, 0.1) is 11.3 Å². The van der Waals surface area contributed by atoms with Gasteiger partial charge in [-0.3, -0.25) is 5.32 Å². The van der Waals surface area contributed by atoms with Crippen molar-refractivity contribution in [1.29, 1.82) is 5.26 Å². The normalized spacial score (nSPS) is 22.5. The molecule has 3 atom stereocenters.